The first-order chi connectivity index (χ1) is 9.06. The van der Waals surface area contributed by atoms with Crippen LogP contribution in [0.5, 0.6) is 0 Å². The van der Waals surface area contributed by atoms with E-state index in [4.69, 9.17) is 0 Å². The summed E-state index contributed by atoms with van der Waals surface area (Å²) in [6, 6.07) is 9.93. The Kier molecular flexibility index (Phi) is 4.56. The van der Waals surface area contributed by atoms with Crippen molar-refractivity contribution in [3.63, 3.8) is 0 Å². The fraction of sp³-hybridized carbons (Fsp3) is 0.267. The Bertz CT molecular complexity index is 557. The minimum atomic E-state index is -0.518. The Hall–Kier alpha value is -1.39. The Balaban J connectivity index is 2.15. The van der Waals surface area contributed by atoms with Crippen LogP contribution in [-0.2, 0) is 6.42 Å². The van der Waals surface area contributed by atoms with Crippen LogP contribution in [0.2, 0.25) is 0 Å². The van der Waals surface area contributed by atoms with E-state index in [1.54, 1.807) is 12.4 Å². The number of hydrogen-bond donors (Lipinski definition) is 1. The van der Waals surface area contributed by atoms with Crippen LogP contribution in [0.25, 0.3) is 0 Å². The normalized spacial score (nSPS) is 12.2. The molecule has 3 nitrogen and oxygen atoms in total. The molecule has 1 atom stereocenters. The lowest BCUT2D eigenvalue weighted by Crippen LogP contribution is -2.10. The van der Waals surface area contributed by atoms with Crippen molar-refractivity contribution >= 4 is 21.6 Å². The molecule has 0 aliphatic rings. The first kappa shape index (κ1) is 14.0. The van der Waals surface area contributed by atoms with Gasteiger partial charge in [0.15, 0.2) is 0 Å². The lowest BCUT2D eigenvalue weighted by atomic mass is 10.0. The average molecular weight is 321 g/mol. The third-order valence-electron chi connectivity index (χ3n) is 2.96. The molecule has 0 spiro atoms. The molecular weight excluding hydrogens is 304 g/mol. The second-order valence-electron chi connectivity index (χ2n) is 4.72. The molecule has 19 heavy (non-hydrogen) atoms. The van der Waals surface area contributed by atoms with Gasteiger partial charge in [0.1, 0.15) is 0 Å². The van der Waals surface area contributed by atoms with Gasteiger partial charge in [-0.05, 0) is 45.3 Å². The third-order valence-corrected chi connectivity index (χ3v) is 3.40. The summed E-state index contributed by atoms with van der Waals surface area (Å²) in [6.07, 6.45) is 3.56. The number of aromatic nitrogens is 1. The molecule has 0 saturated carbocycles. The van der Waals surface area contributed by atoms with Crippen LogP contribution in [0.4, 0.5) is 5.69 Å². The molecule has 1 aromatic carbocycles. The number of anilines is 1. The SMILES string of the molecule is CN(C)c1cccc(C(O)Cc2cncc(Br)c2)c1. The molecule has 0 aliphatic heterocycles. The van der Waals surface area contributed by atoms with Gasteiger partial charge < -0.3 is 10.0 Å². The predicted molar refractivity (Wildman–Crippen MR) is 81.4 cm³/mol. The molecule has 0 amide bonds. The molecule has 0 saturated heterocycles. The molecule has 1 heterocycles. The van der Waals surface area contributed by atoms with Gasteiger partial charge >= 0.3 is 0 Å². The largest absolute Gasteiger partial charge is 0.388 e. The highest BCUT2D eigenvalue weighted by atomic mass is 79.9. The Morgan fingerprint density at radius 2 is 2.05 bits per heavy atom. The van der Waals surface area contributed by atoms with Gasteiger partial charge in [-0.25, -0.2) is 0 Å². The summed E-state index contributed by atoms with van der Waals surface area (Å²) in [5.41, 5.74) is 3.02. The molecule has 100 valence electrons. The summed E-state index contributed by atoms with van der Waals surface area (Å²) in [6.45, 7) is 0. The number of aliphatic hydroxyl groups excluding tert-OH is 1. The average Bonchev–Trinajstić information content (AvgIpc) is 2.39. The highest BCUT2D eigenvalue weighted by molar-refractivity contribution is 9.10. The molecule has 0 fully saturated rings. The Morgan fingerprint density at radius 1 is 1.26 bits per heavy atom. The van der Waals surface area contributed by atoms with E-state index in [1.165, 1.54) is 0 Å². The maximum Gasteiger partial charge on any atom is 0.0831 e. The van der Waals surface area contributed by atoms with Crippen LogP contribution in [0.15, 0.2) is 47.2 Å². The number of rotatable bonds is 4. The van der Waals surface area contributed by atoms with E-state index in [2.05, 4.69) is 20.9 Å². The second kappa shape index (κ2) is 6.17. The highest BCUT2D eigenvalue weighted by Gasteiger charge is 2.10. The van der Waals surface area contributed by atoms with E-state index < -0.39 is 6.10 Å². The maximum atomic E-state index is 10.3. The molecule has 1 unspecified atom stereocenters. The second-order valence-corrected chi connectivity index (χ2v) is 5.64. The summed E-state index contributed by atoms with van der Waals surface area (Å²) in [5, 5.41) is 10.3. The van der Waals surface area contributed by atoms with Gasteiger partial charge in [0.25, 0.3) is 0 Å². The molecule has 1 aromatic heterocycles. The lowest BCUT2D eigenvalue weighted by molar-refractivity contribution is 0.178. The number of halogens is 1. The summed E-state index contributed by atoms with van der Waals surface area (Å²) in [4.78, 5) is 6.14. The van der Waals surface area contributed by atoms with Gasteiger partial charge in [-0.3, -0.25) is 4.98 Å². The first-order valence-corrected chi connectivity index (χ1v) is 6.90. The van der Waals surface area contributed by atoms with Crippen LogP contribution >= 0.6 is 15.9 Å². The van der Waals surface area contributed by atoms with Crippen molar-refractivity contribution in [2.24, 2.45) is 0 Å². The Labute approximate surface area is 122 Å². The van der Waals surface area contributed by atoms with Crippen LogP contribution in [-0.4, -0.2) is 24.2 Å². The minimum Gasteiger partial charge on any atom is -0.388 e. The smallest absolute Gasteiger partial charge is 0.0831 e. The fourth-order valence-electron chi connectivity index (χ4n) is 1.92. The number of benzene rings is 1. The first-order valence-electron chi connectivity index (χ1n) is 6.11. The van der Waals surface area contributed by atoms with Crippen LogP contribution < -0.4 is 4.90 Å². The summed E-state index contributed by atoms with van der Waals surface area (Å²) >= 11 is 3.39. The molecule has 2 rings (SSSR count). The zero-order valence-corrected chi connectivity index (χ0v) is 12.6. The van der Waals surface area contributed by atoms with E-state index >= 15 is 0 Å². The van der Waals surface area contributed by atoms with E-state index in [0.29, 0.717) is 6.42 Å². The topological polar surface area (TPSA) is 36.4 Å². The van der Waals surface area contributed by atoms with Gasteiger partial charge in [-0.2, -0.15) is 0 Å². The standard InChI is InChI=1S/C15H17BrN2O/c1-18(2)14-5-3-4-12(8-14)15(19)7-11-6-13(16)10-17-9-11/h3-6,8-10,15,19H,7H2,1-2H3. The third kappa shape index (κ3) is 3.78. The van der Waals surface area contributed by atoms with Gasteiger partial charge in [0.05, 0.1) is 6.10 Å². The van der Waals surface area contributed by atoms with E-state index in [1.807, 2.05) is 49.3 Å². The quantitative estimate of drug-likeness (QED) is 0.939. The number of nitrogens with zero attached hydrogens (tertiary/aromatic N) is 2. The van der Waals surface area contributed by atoms with Crippen LogP contribution in [0.3, 0.4) is 0 Å². The number of aliphatic hydroxyl groups is 1. The van der Waals surface area contributed by atoms with Gasteiger partial charge in [0.2, 0.25) is 0 Å². The van der Waals surface area contributed by atoms with Crippen LogP contribution in [0.1, 0.15) is 17.2 Å². The van der Waals surface area contributed by atoms with E-state index in [-0.39, 0.29) is 0 Å². The van der Waals surface area contributed by atoms with Crippen molar-refractivity contribution in [3.8, 4) is 0 Å². The molecule has 0 bridgehead atoms. The van der Waals surface area contributed by atoms with Crippen molar-refractivity contribution < 1.29 is 5.11 Å². The van der Waals surface area contributed by atoms with Crippen LogP contribution in [0, 0.1) is 0 Å². The molecular formula is C15H17BrN2O. The fourth-order valence-corrected chi connectivity index (χ4v) is 2.33. The van der Waals surface area contributed by atoms with Crippen molar-refractivity contribution in [2.45, 2.75) is 12.5 Å². The van der Waals surface area contributed by atoms with Gasteiger partial charge in [-0.1, -0.05) is 12.1 Å². The van der Waals surface area contributed by atoms with Crippen molar-refractivity contribution in [1.29, 1.82) is 0 Å². The van der Waals surface area contributed by atoms with Crippen molar-refractivity contribution in [1.82, 2.24) is 4.98 Å². The van der Waals surface area contributed by atoms with Gasteiger partial charge in [-0.15, -0.1) is 0 Å². The monoisotopic (exact) mass is 320 g/mol. The predicted octanol–water partition coefficient (Wildman–Crippen LogP) is 3.19. The van der Waals surface area contributed by atoms with Crippen molar-refractivity contribution in [2.75, 3.05) is 19.0 Å². The maximum absolute atomic E-state index is 10.3. The van der Waals surface area contributed by atoms with Gasteiger partial charge in [0, 0.05) is 43.1 Å². The summed E-state index contributed by atoms with van der Waals surface area (Å²) in [5.74, 6) is 0. The van der Waals surface area contributed by atoms with E-state index in [9.17, 15) is 5.11 Å². The number of hydrogen-bond acceptors (Lipinski definition) is 3. The van der Waals surface area contributed by atoms with Crippen molar-refractivity contribution in [3.05, 3.63) is 58.3 Å². The Morgan fingerprint density at radius 3 is 2.74 bits per heavy atom. The molecule has 0 radical (unpaired) electrons. The molecule has 4 heteroatoms. The summed E-state index contributed by atoms with van der Waals surface area (Å²) < 4.78 is 0.930. The molecule has 2 aromatic rings. The molecule has 0 aliphatic carbocycles. The highest BCUT2D eigenvalue weighted by Crippen LogP contribution is 2.23. The van der Waals surface area contributed by atoms with E-state index in [0.717, 1.165) is 21.3 Å². The number of pyridine rings is 1. The zero-order chi connectivity index (χ0) is 13.8. The minimum absolute atomic E-state index is 0.518. The lowest BCUT2D eigenvalue weighted by Gasteiger charge is -2.16. The zero-order valence-electron chi connectivity index (χ0n) is 11.0. The summed E-state index contributed by atoms with van der Waals surface area (Å²) in [7, 11) is 3.98. The molecule has 1 N–H and O–H groups in total.